The van der Waals surface area contributed by atoms with E-state index < -0.39 is 0 Å². The Bertz CT molecular complexity index is 10600. The third-order valence-electron chi connectivity index (χ3n) is 30.6. The van der Waals surface area contributed by atoms with Gasteiger partial charge in [0, 0.05) is 152 Å². The first-order chi connectivity index (χ1) is 70.9. The van der Waals surface area contributed by atoms with Crippen molar-refractivity contribution in [1.82, 2.24) is 9.13 Å². The van der Waals surface area contributed by atoms with E-state index in [0.717, 1.165) is 11.4 Å². The monoisotopic (exact) mass is 1880 g/mol. The van der Waals surface area contributed by atoms with E-state index in [9.17, 15) is 0 Å². The van der Waals surface area contributed by atoms with Crippen LogP contribution in [0.3, 0.4) is 0 Å². The highest BCUT2D eigenvalue weighted by atomic mass is 32.1. The van der Waals surface area contributed by atoms with Crippen molar-refractivity contribution in [3.63, 3.8) is 0 Å². The van der Waals surface area contributed by atoms with Gasteiger partial charge in [-0.2, -0.15) is 0 Å². The maximum atomic E-state index is 2.44. The summed E-state index contributed by atoms with van der Waals surface area (Å²) < 4.78 is 15.7. The van der Waals surface area contributed by atoms with Crippen molar-refractivity contribution in [2.24, 2.45) is 0 Å². The van der Waals surface area contributed by atoms with Crippen LogP contribution in [0, 0.1) is 0 Å². The smallest absolute Gasteiger partial charge is 0.0541 e. The van der Waals surface area contributed by atoms with E-state index in [-0.39, 0.29) is 0 Å². The van der Waals surface area contributed by atoms with Crippen molar-refractivity contribution >= 4 is 230 Å². The van der Waals surface area contributed by atoms with Gasteiger partial charge in [0.25, 0.3) is 0 Å². The van der Waals surface area contributed by atoms with Crippen LogP contribution in [0.15, 0.2) is 479 Å². The maximum absolute atomic E-state index is 2.44. The highest BCUT2D eigenvalue weighted by Crippen LogP contribution is 2.59. The van der Waals surface area contributed by atoms with Crippen molar-refractivity contribution in [3.8, 4) is 123 Å². The van der Waals surface area contributed by atoms with Gasteiger partial charge in [0.2, 0.25) is 0 Å². The first-order valence-electron chi connectivity index (χ1n) is 49.1. The lowest BCUT2D eigenvalue weighted by atomic mass is 9.98. The summed E-state index contributed by atoms with van der Waals surface area (Å²) >= 11 is 7.69. The Labute approximate surface area is 838 Å². The largest absolute Gasteiger partial charge is 0.310 e. The number of benzene rings is 24. The third-order valence-corrected chi connectivity index (χ3v) is 35.4. The van der Waals surface area contributed by atoms with E-state index in [1.165, 1.54) is 296 Å². The van der Waals surface area contributed by atoms with Crippen molar-refractivity contribution in [2.45, 2.75) is 0 Å². The first-order valence-corrected chi connectivity index (χ1v) is 52.3. The number of aromatic nitrogens is 2. The number of fused-ring (bicyclic) bond motifs is 34. The Morgan fingerprint density at radius 3 is 0.825 bits per heavy atom. The van der Waals surface area contributed by atoms with E-state index in [1.54, 1.807) is 0 Å². The summed E-state index contributed by atoms with van der Waals surface area (Å²) in [5, 5.41) is 27.1. The molecule has 0 saturated carbocycles. The van der Waals surface area contributed by atoms with E-state index in [1.807, 2.05) is 45.3 Å². The number of hydrogen-bond donors (Lipinski definition) is 0. The fraction of sp³-hybridized carbons (Fsp3) is 0. The molecular formula is C136H79N3S4. The average Bonchev–Trinajstić information content (AvgIpc) is 1.57. The van der Waals surface area contributed by atoms with Crippen LogP contribution in [0.25, 0.3) is 290 Å². The fourth-order valence-corrected chi connectivity index (χ4v) is 29.4. The number of anilines is 3. The molecule has 0 amide bonds. The van der Waals surface area contributed by atoms with E-state index in [4.69, 9.17) is 0 Å². The summed E-state index contributed by atoms with van der Waals surface area (Å²) in [5.74, 6) is 0. The Hall–Kier alpha value is -17.4. The zero-order chi connectivity index (χ0) is 93.3. The van der Waals surface area contributed by atoms with Gasteiger partial charge in [0.1, 0.15) is 0 Å². The molecule has 662 valence electrons. The zero-order valence-electron chi connectivity index (χ0n) is 77.1. The van der Waals surface area contributed by atoms with Gasteiger partial charge in [-0.15, -0.1) is 45.3 Å². The first kappa shape index (κ1) is 80.5. The minimum atomic E-state index is 1.16. The Morgan fingerprint density at radius 1 is 0.140 bits per heavy atom. The van der Waals surface area contributed by atoms with Crippen LogP contribution < -0.4 is 4.90 Å². The van der Waals surface area contributed by atoms with E-state index in [2.05, 4.69) is 493 Å². The summed E-state index contributed by atoms with van der Waals surface area (Å²) in [6, 6.07) is 176. The van der Waals surface area contributed by atoms with Crippen molar-refractivity contribution < 1.29 is 0 Å². The molecule has 24 aromatic carbocycles. The van der Waals surface area contributed by atoms with Crippen LogP contribution in [0.1, 0.15) is 0 Å². The second-order valence-corrected chi connectivity index (χ2v) is 42.4. The molecule has 0 bridgehead atoms. The van der Waals surface area contributed by atoms with Gasteiger partial charge in [-0.25, -0.2) is 0 Å². The standard InChI is InChI=1S/C40H23NS.C34H19NS.C34H21NS.C28H16S/c1-2-9-26(10-3-1)41-36-16-7-6-13-29(36)33-21-24(18-20-37(33)41)25-17-19-30-35-23-34-28-12-5-4-11-27(28)31-14-8-15-32(39(31)34)40(35)42-38(30)22-25;1-2-9-22-21(8-1)26-12-7-13-27-33(26)28(22)19-29-25-17-16-20(18-32(25)36-34(27)29)35-30-14-5-3-10-23(30)24-11-4-6-15-31(24)35;1-3-10-22(11-4-1)35(23-12-5-2-6-13-23)24-18-19-27-31-21-30-26-15-8-7-14-25(26)28-16-9-17-29(33(28)30)34(31)36-32(27)20-24;1-2-7-17(8-3-1)18-13-14-21-25-16-24-20-10-5-4-9-19(20)22-11-6-12-23(27(22)24)28(25)29-26(21)15-18/h1-23H;1-19H;1-21H;1-16H. The molecule has 4 aliphatic carbocycles. The molecule has 0 fully saturated rings. The van der Waals surface area contributed by atoms with Gasteiger partial charge >= 0.3 is 0 Å². The van der Waals surface area contributed by atoms with Crippen LogP contribution in [0.4, 0.5) is 17.1 Å². The predicted octanol–water partition coefficient (Wildman–Crippen LogP) is 40.4. The predicted molar refractivity (Wildman–Crippen MR) is 619 cm³/mol. The van der Waals surface area contributed by atoms with Crippen LogP contribution in [-0.4, -0.2) is 9.13 Å². The number of thiophene rings is 4. The topological polar surface area (TPSA) is 13.1 Å². The van der Waals surface area contributed by atoms with E-state index in [0.29, 0.717) is 0 Å². The van der Waals surface area contributed by atoms with Gasteiger partial charge in [-0.3, -0.25) is 0 Å². The van der Waals surface area contributed by atoms with Crippen LogP contribution >= 0.6 is 45.3 Å². The fourth-order valence-electron chi connectivity index (χ4n) is 24.4. The molecule has 34 rings (SSSR count). The van der Waals surface area contributed by atoms with Gasteiger partial charge in [-0.1, -0.05) is 352 Å². The molecule has 143 heavy (non-hydrogen) atoms. The van der Waals surface area contributed by atoms with Crippen molar-refractivity contribution in [1.29, 1.82) is 0 Å². The number of para-hydroxylation sites is 6. The summed E-state index contributed by atoms with van der Waals surface area (Å²) in [5.41, 5.74) is 37.7. The molecule has 0 N–H and O–H groups in total. The Kier molecular flexibility index (Phi) is 17.8. The molecule has 0 spiro atoms. The third kappa shape index (κ3) is 12.2. The van der Waals surface area contributed by atoms with Crippen molar-refractivity contribution in [2.75, 3.05) is 4.90 Å². The van der Waals surface area contributed by atoms with E-state index >= 15 is 0 Å². The summed E-state index contributed by atoms with van der Waals surface area (Å²) in [6.07, 6.45) is 0. The van der Waals surface area contributed by atoms with Gasteiger partial charge in [0.15, 0.2) is 0 Å². The zero-order valence-corrected chi connectivity index (χ0v) is 80.4. The highest BCUT2D eigenvalue weighted by molar-refractivity contribution is 7.28. The quantitative estimate of drug-likeness (QED) is 0.155. The lowest BCUT2D eigenvalue weighted by molar-refractivity contribution is 1.18. The van der Waals surface area contributed by atoms with Gasteiger partial charge in [0.05, 0.1) is 22.1 Å². The molecule has 0 radical (unpaired) electrons. The second-order valence-electron chi connectivity index (χ2n) is 38.2. The molecule has 4 aliphatic rings. The van der Waals surface area contributed by atoms with Crippen LogP contribution in [-0.2, 0) is 0 Å². The molecule has 6 heterocycles. The normalized spacial score (nSPS) is 12.2. The highest BCUT2D eigenvalue weighted by Gasteiger charge is 2.31. The van der Waals surface area contributed by atoms with Crippen LogP contribution in [0.5, 0.6) is 0 Å². The molecule has 0 unspecified atom stereocenters. The lowest BCUT2D eigenvalue weighted by Gasteiger charge is -2.25. The minimum absolute atomic E-state index is 1.16. The number of nitrogens with zero attached hydrogens (tertiary/aromatic N) is 3. The van der Waals surface area contributed by atoms with Gasteiger partial charge in [-0.05, 0) is 260 Å². The van der Waals surface area contributed by atoms with Gasteiger partial charge < -0.3 is 14.0 Å². The molecule has 7 heteroatoms. The molecule has 0 atom stereocenters. The number of rotatable bonds is 7. The summed E-state index contributed by atoms with van der Waals surface area (Å²) in [7, 11) is 0. The second kappa shape index (κ2) is 31.6. The average molecular weight is 1880 g/mol. The summed E-state index contributed by atoms with van der Waals surface area (Å²) in [6.45, 7) is 0. The SMILES string of the molecule is c1ccc(-c2ccc3c(c2)sc2c4cccc5c4c(cc32)-c2ccccc2-5)cc1.c1ccc(-n2c3ccccc3c3cc(-c4ccc5c(c4)sc4c6cccc7c6c(cc54)-c4ccccc4-7)ccc32)cc1.c1ccc(N(c2ccccc2)c2ccc3c(c2)sc2c4cccc5c4c(cc32)-c2ccccc2-5)cc1.c1ccc2c(c1)-c1cccc3c1c-2cc1c2ccc(-n4c5ccccc5c5ccccc54)cc2sc31. The Balaban J connectivity index is 0.0000000879. The number of hydrogen-bond acceptors (Lipinski definition) is 5. The molecule has 3 nitrogen and oxygen atoms in total. The molecule has 0 aliphatic heterocycles. The van der Waals surface area contributed by atoms with Crippen LogP contribution in [0.2, 0.25) is 0 Å². The lowest BCUT2D eigenvalue weighted by Crippen LogP contribution is -2.09. The molecular weight excluding hydrogens is 1800 g/mol. The minimum Gasteiger partial charge on any atom is -0.310 e. The molecule has 6 aromatic heterocycles. The Morgan fingerprint density at radius 2 is 0.420 bits per heavy atom. The maximum Gasteiger partial charge on any atom is 0.0541 e. The molecule has 0 saturated heterocycles. The molecule has 30 aromatic rings. The van der Waals surface area contributed by atoms with Crippen molar-refractivity contribution in [3.05, 3.63) is 479 Å². The summed E-state index contributed by atoms with van der Waals surface area (Å²) in [4.78, 5) is 2.34.